The first-order chi connectivity index (χ1) is 9.15. The maximum atomic E-state index is 5.89. The summed E-state index contributed by atoms with van der Waals surface area (Å²) < 4.78 is 5.81. The number of hydrogen-bond donors (Lipinski definition) is 1. The van der Waals surface area contributed by atoms with Gasteiger partial charge in [0.2, 0.25) is 5.88 Å². The summed E-state index contributed by atoms with van der Waals surface area (Å²) in [6.07, 6.45) is 3.21. The van der Waals surface area contributed by atoms with Crippen LogP contribution in [0.4, 0.5) is 5.82 Å². The molecule has 2 aromatic heterocycles. The fourth-order valence-electron chi connectivity index (χ4n) is 1.60. The van der Waals surface area contributed by atoms with Crippen molar-refractivity contribution in [2.24, 2.45) is 0 Å². The Kier molecular flexibility index (Phi) is 4.26. The fourth-order valence-corrected chi connectivity index (χ4v) is 1.98. The van der Waals surface area contributed by atoms with Gasteiger partial charge in [0.15, 0.2) is 5.82 Å². The van der Waals surface area contributed by atoms with Crippen molar-refractivity contribution in [2.75, 3.05) is 12.8 Å². The Balaban J connectivity index is 2.49. The molecule has 0 aliphatic rings. The number of halogens is 1. The number of nitrogens with zero attached hydrogens (tertiary/aromatic N) is 4. The van der Waals surface area contributed by atoms with Gasteiger partial charge in [0.1, 0.15) is 17.8 Å². The van der Waals surface area contributed by atoms with Crippen LogP contribution in [-0.4, -0.2) is 27.0 Å². The van der Waals surface area contributed by atoms with E-state index in [1.165, 1.54) is 6.33 Å². The van der Waals surface area contributed by atoms with Crippen molar-refractivity contribution in [3.8, 4) is 17.4 Å². The van der Waals surface area contributed by atoms with E-state index in [0.29, 0.717) is 23.2 Å². The topological polar surface area (TPSA) is 86.8 Å². The molecule has 0 radical (unpaired) electrons. The quantitative estimate of drug-likeness (QED) is 0.928. The molecule has 0 aliphatic heterocycles. The molecule has 0 spiro atoms. The highest BCUT2D eigenvalue weighted by molar-refractivity contribution is 9.10. The van der Waals surface area contributed by atoms with Crippen LogP contribution in [0.25, 0.3) is 11.5 Å². The molecule has 0 unspecified atom stereocenters. The molecule has 0 amide bonds. The number of aromatic nitrogens is 4. The number of nitrogen functional groups attached to an aromatic ring is 1. The lowest BCUT2D eigenvalue weighted by Gasteiger charge is -2.08. The summed E-state index contributed by atoms with van der Waals surface area (Å²) in [4.78, 5) is 16.8. The molecule has 100 valence electrons. The van der Waals surface area contributed by atoms with Crippen molar-refractivity contribution < 1.29 is 4.74 Å². The van der Waals surface area contributed by atoms with Gasteiger partial charge in [0, 0.05) is 6.07 Å². The van der Waals surface area contributed by atoms with Crippen molar-refractivity contribution in [1.82, 2.24) is 19.9 Å². The SMILES string of the molecule is CCCc1nc(-c2cc(OC)ncn2)nc(N)c1Br. The molecule has 7 heteroatoms. The van der Waals surface area contributed by atoms with Crippen molar-refractivity contribution in [2.45, 2.75) is 19.8 Å². The molecular weight excluding hydrogens is 310 g/mol. The molecule has 0 bridgehead atoms. The van der Waals surface area contributed by atoms with Crippen molar-refractivity contribution in [3.63, 3.8) is 0 Å². The van der Waals surface area contributed by atoms with E-state index < -0.39 is 0 Å². The molecule has 19 heavy (non-hydrogen) atoms. The average molecular weight is 324 g/mol. The number of hydrogen-bond acceptors (Lipinski definition) is 6. The van der Waals surface area contributed by atoms with Gasteiger partial charge in [-0.3, -0.25) is 0 Å². The maximum absolute atomic E-state index is 5.89. The van der Waals surface area contributed by atoms with Crippen LogP contribution in [0.2, 0.25) is 0 Å². The number of nitrogens with two attached hydrogens (primary N) is 1. The van der Waals surface area contributed by atoms with Crippen LogP contribution >= 0.6 is 15.9 Å². The standard InChI is InChI=1S/C12H14BrN5O/c1-3-4-7-10(13)11(14)18-12(17-7)8-5-9(19-2)16-6-15-8/h5-6H,3-4H2,1-2H3,(H2,14,17,18). The molecule has 2 aromatic rings. The predicted molar refractivity (Wildman–Crippen MR) is 75.7 cm³/mol. The van der Waals surface area contributed by atoms with Gasteiger partial charge in [-0.25, -0.2) is 19.9 Å². The highest BCUT2D eigenvalue weighted by Gasteiger charge is 2.12. The first-order valence-electron chi connectivity index (χ1n) is 5.84. The van der Waals surface area contributed by atoms with Crippen LogP contribution in [0.3, 0.4) is 0 Å². The normalized spacial score (nSPS) is 10.5. The second kappa shape index (κ2) is 5.92. The lowest BCUT2D eigenvalue weighted by molar-refractivity contribution is 0.397. The summed E-state index contributed by atoms with van der Waals surface area (Å²) in [5.41, 5.74) is 7.35. The zero-order chi connectivity index (χ0) is 13.8. The average Bonchev–Trinajstić information content (AvgIpc) is 2.44. The highest BCUT2D eigenvalue weighted by Crippen LogP contribution is 2.25. The Bertz CT molecular complexity index is 590. The third-order valence-corrected chi connectivity index (χ3v) is 3.38. The molecule has 2 rings (SSSR count). The highest BCUT2D eigenvalue weighted by atomic mass is 79.9. The first kappa shape index (κ1) is 13.7. The molecule has 6 nitrogen and oxygen atoms in total. The predicted octanol–water partition coefficient (Wildman–Crippen LogP) is 2.24. The summed E-state index contributed by atoms with van der Waals surface area (Å²) >= 11 is 3.41. The molecule has 2 N–H and O–H groups in total. The van der Waals surface area contributed by atoms with Crippen LogP contribution in [0.1, 0.15) is 19.0 Å². The van der Waals surface area contributed by atoms with E-state index in [4.69, 9.17) is 10.5 Å². The lowest BCUT2D eigenvalue weighted by atomic mass is 10.2. The van der Waals surface area contributed by atoms with Gasteiger partial charge in [0.05, 0.1) is 17.3 Å². The molecule has 0 fully saturated rings. The minimum absolute atomic E-state index is 0.408. The second-order valence-electron chi connectivity index (χ2n) is 3.89. The minimum atomic E-state index is 0.408. The summed E-state index contributed by atoms with van der Waals surface area (Å²) in [6.45, 7) is 2.08. The monoisotopic (exact) mass is 323 g/mol. The second-order valence-corrected chi connectivity index (χ2v) is 4.68. The number of anilines is 1. The number of rotatable bonds is 4. The Labute approximate surface area is 119 Å². The molecular formula is C12H14BrN5O. The first-order valence-corrected chi connectivity index (χ1v) is 6.63. The summed E-state index contributed by atoms with van der Waals surface area (Å²) in [5, 5.41) is 0. The minimum Gasteiger partial charge on any atom is -0.481 e. The van der Waals surface area contributed by atoms with Gasteiger partial charge in [0.25, 0.3) is 0 Å². The fraction of sp³-hybridized carbons (Fsp3) is 0.333. The van der Waals surface area contributed by atoms with Gasteiger partial charge in [-0.05, 0) is 22.4 Å². The van der Waals surface area contributed by atoms with Crippen molar-refractivity contribution in [3.05, 3.63) is 22.6 Å². The third kappa shape index (κ3) is 2.98. The Morgan fingerprint density at radius 1 is 1.32 bits per heavy atom. The molecule has 0 aromatic carbocycles. The molecule has 0 saturated heterocycles. The van der Waals surface area contributed by atoms with Crippen LogP contribution in [0.5, 0.6) is 5.88 Å². The van der Waals surface area contributed by atoms with Gasteiger partial charge in [-0.1, -0.05) is 13.3 Å². The maximum Gasteiger partial charge on any atom is 0.216 e. The molecule has 0 saturated carbocycles. The largest absolute Gasteiger partial charge is 0.481 e. The molecule has 0 aliphatic carbocycles. The zero-order valence-electron chi connectivity index (χ0n) is 10.7. The lowest BCUT2D eigenvalue weighted by Crippen LogP contribution is -2.04. The van der Waals surface area contributed by atoms with Crippen molar-refractivity contribution in [1.29, 1.82) is 0 Å². The van der Waals surface area contributed by atoms with E-state index in [1.54, 1.807) is 13.2 Å². The zero-order valence-corrected chi connectivity index (χ0v) is 12.3. The van der Waals surface area contributed by atoms with Crippen LogP contribution in [0.15, 0.2) is 16.9 Å². The van der Waals surface area contributed by atoms with Gasteiger partial charge in [-0.2, -0.15) is 0 Å². The molecule has 0 atom stereocenters. The Hall–Kier alpha value is -1.76. The number of methoxy groups -OCH3 is 1. The Morgan fingerprint density at radius 3 is 2.79 bits per heavy atom. The van der Waals surface area contributed by atoms with Crippen molar-refractivity contribution >= 4 is 21.7 Å². The third-order valence-electron chi connectivity index (χ3n) is 2.51. The van der Waals surface area contributed by atoms with Gasteiger partial charge in [-0.15, -0.1) is 0 Å². The van der Waals surface area contributed by atoms with Crippen LogP contribution in [-0.2, 0) is 6.42 Å². The number of ether oxygens (including phenoxy) is 1. The van der Waals surface area contributed by atoms with Gasteiger partial charge < -0.3 is 10.5 Å². The summed E-state index contributed by atoms with van der Waals surface area (Å²) in [7, 11) is 1.55. The van der Waals surface area contributed by atoms with Gasteiger partial charge >= 0.3 is 0 Å². The summed E-state index contributed by atoms with van der Waals surface area (Å²) in [6, 6.07) is 1.68. The summed E-state index contributed by atoms with van der Waals surface area (Å²) in [5.74, 6) is 1.35. The number of aryl methyl sites for hydroxylation is 1. The van der Waals surface area contributed by atoms with E-state index >= 15 is 0 Å². The van der Waals surface area contributed by atoms with Crippen LogP contribution in [0, 0.1) is 0 Å². The molecule has 2 heterocycles. The van der Waals surface area contributed by atoms with E-state index in [1.807, 2.05) is 0 Å². The smallest absolute Gasteiger partial charge is 0.216 e. The van der Waals surface area contributed by atoms with E-state index in [2.05, 4.69) is 42.8 Å². The van der Waals surface area contributed by atoms with Crippen LogP contribution < -0.4 is 10.5 Å². The Morgan fingerprint density at radius 2 is 2.11 bits per heavy atom. The van der Waals surface area contributed by atoms with E-state index in [9.17, 15) is 0 Å². The van der Waals surface area contributed by atoms with E-state index in [0.717, 1.165) is 23.0 Å². The van der Waals surface area contributed by atoms with E-state index in [-0.39, 0.29) is 0 Å².